The van der Waals surface area contributed by atoms with Crippen molar-refractivity contribution in [3.8, 4) is 0 Å². The first kappa shape index (κ1) is 15.1. The van der Waals surface area contributed by atoms with Crippen molar-refractivity contribution in [2.75, 3.05) is 24.5 Å². The molecule has 1 aromatic rings. The molecule has 3 nitrogen and oxygen atoms in total. The molecule has 0 spiro atoms. The van der Waals surface area contributed by atoms with Gasteiger partial charge in [0.2, 0.25) is 0 Å². The molecule has 0 bridgehead atoms. The molecule has 0 amide bonds. The Labute approximate surface area is 117 Å². The van der Waals surface area contributed by atoms with E-state index in [4.69, 9.17) is 5.73 Å². The molecule has 2 atom stereocenters. The average Bonchev–Trinajstić information content (AvgIpc) is 2.46. The number of anilines is 1. The zero-order valence-electron chi connectivity index (χ0n) is 11.5. The van der Waals surface area contributed by atoms with Gasteiger partial charge in [-0.15, -0.1) is 0 Å². The van der Waals surface area contributed by atoms with Crippen LogP contribution in [0.15, 0.2) is 18.3 Å². The van der Waals surface area contributed by atoms with Gasteiger partial charge in [0.25, 0.3) is 0 Å². The largest absolute Gasteiger partial charge is 0.416 e. The van der Waals surface area contributed by atoms with E-state index in [1.807, 2.05) is 4.90 Å². The number of rotatable bonds is 3. The van der Waals surface area contributed by atoms with Crippen LogP contribution in [0.5, 0.6) is 0 Å². The first-order valence-electron chi connectivity index (χ1n) is 6.92. The number of aromatic nitrogens is 1. The van der Waals surface area contributed by atoms with Gasteiger partial charge in [-0.05, 0) is 36.9 Å². The van der Waals surface area contributed by atoms with Gasteiger partial charge in [0.15, 0.2) is 0 Å². The van der Waals surface area contributed by atoms with E-state index in [0.29, 0.717) is 30.7 Å². The molecule has 1 aliphatic rings. The summed E-state index contributed by atoms with van der Waals surface area (Å²) in [5.41, 5.74) is 5.08. The van der Waals surface area contributed by atoms with Crippen molar-refractivity contribution in [2.45, 2.75) is 25.9 Å². The molecular formula is C14H20F3N3. The third-order valence-corrected chi connectivity index (χ3v) is 3.93. The lowest BCUT2D eigenvalue weighted by atomic mass is 9.87. The Morgan fingerprint density at radius 3 is 2.65 bits per heavy atom. The highest BCUT2D eigenvalue weighted by Crippen LogP contribution is 2.32. The molecule has 1 saturated heterocycles. The fraction of sp³-hybridized carbons (Fsp3) is 0.643. The fourth-order valence-electron chi connectivity index (χ4n) is 2.74. The Morgan fingerprint density at radius 1 is 1.35 bits per heavy atom. The van der Waals surface area contributed by atoms with Crippen LogP contribution in [0, 0.1) is 11.8 Å². The van der Waals surface area contributed by atoms with E-state index in [2.05, 4.69) is 11.9 Å². The second-order valence-corrected chi connectivity index (χ2v) is 5.42. The van der Waals surface area contributed by atoms with Crippen molar-refractivity contribution in [3.63, 3.8) is 0 Å². The van der Waals surface area contributed by atoms with E-state index < -0.39 is 11.7 Å². The van der Waals surface area contributed by atoms with Crippen LogP contribution in [0.2, 0.25) is 0 Å². The number of nitrogens with two attached hydrogens (primary N) is 1. The smallest absolute Gasteiger partial charge is 0.356 e. The number of hydrogen-bond donors (Lipinski definition) is 1. The van der Waals surface area contributed by atoms with Crippen LogP contribution in [-0.2, 0) is 6.18 Å². The van der Waals surface area contributed by atoms with Crippen LogP contribution >= 0.6 is 0 Å². The van der Waals surface area contributed by atoms with Gasteiger partial charge >= 0.3 is 6.18 Å². The van der Waals surface area contributed by atoms with Gasteiger partial charge in [-0.25, -0.2) is 4.98 Å². The second-order valence-electron chi connectivity index (χ2n) is 5.42. The molecule has 0 radical (unpaired) electrons. The summed E-state index contributed by atoms with van der Waals surface area (Å²) in [5, 5.41) is 0. The van der Waals surface area contributed by atoms with E-state index >= 15 is 0 Å². The minimum Gasteiger partial charge on any atom is -0.356 e. The Balaban J connectivity index is 2.21. The van der Waals surface area contributed by atoms with E-state index in [1.165, 1.54) is 6.20 Å². The molecule has 0 saturated carbocycles. The molecule has 1 fully saturated rings. The van der Waals surface area contributed by atoms with Gasteiger partial charge in [0.05, 0.1) is 5.56 Å². The molecule has 1 aliphatic heterocycles. The minimum atomic E-state index is -4.33. The topological polar surface area (TPSA) is 42.1 Å². The number of halogens is 3. The highest BCUT2D eigenvalue weighted by atomic mass is 19.4. The summed E-state index contributed by atoms with van der Waals surface area (Å²) < 4.78 is 38.3. The fourth-order valence-corrected chi connectivity index (χ4v) is 2.74. The molecule has 20 heavy (non-hydrogen) atoms. The average molecular weight is 287 g/mol. The van der Waals surface area contributed by atoms with Gasteiger partial charge < -0.3 is 10.6 Å². The summed E-state index contributed by atoms with van der Waals surface area (Å²) in [6.07, 6.45) is -1.05. The second kappa shape index (κ2) is 5.99. The summed E-state index contributed by atoms with van der Waals surface area (Å²) in [6, 6.07) is 2.14. The third-order valence-electron chi connectivity index (χ3n) is 3.93. The lowest BCUT2D eigenvalue weighted by molar-refractivity contribution is -0.137. The summed E-state index contributed by atoms with van der Waals surface area (Å²) in [7, 11) is 0. The predicted molar refractivity (Wildman–Crippen MR) is 72.4 cm³/mol. The first-order chi connectivity index (χ1) is 9.44. The van der Waals surface area contributed by atoms with Crippen molar-refractivity contribution in [2.24, 2.45) is 17.6 Å². The van der Waals surface area contributed by atoms with Crippen LogP contribution in [0.25, 0.3) is 0 Å². The zero-order chi connectivity index (χ0) is 14.8. The molecule has 0 aromatic carbocycles. The van der Waals surface area contributed by atoms with E-state index in [0.717, 1.165) is 31.5 Å². The van der Waals surface area contributed by atoms with Crippen LogP contribution < -0.4 is 10.6 Å². The summed E-state index contributed by atoms with van der Waals surface area (Å²) in [6.45, 7) is 4.09. The molecule has 2 N–H and O–H groups in total. The Bertz CT molecular complexity index is 436. The van der Waals surface area contributed by atoms with Gasteiger partial charge in [-0.1, -0.05) is 13.3 Å². The van der Waals surface area contributed by atoms with Crippen LogP contribution in [0.4, 0.5) is 19.0 Å². The Hall–Kier alpha value is -1.30. The van der Waals surface area contributed by atoms with Crippen molar-refractivity contribution >= 4 is 5.82 Å². The number of nitrogens with zero attached hydrogens (tertiary/aromatic N) is 2. The molecule has 112 valence electrons. The van der Waals surface area contributed by atoms with E-state index in [-0.39, 0.29) is 0 Å². The monoisotopic (exact) mass is 287 g/mol. The van der Waals surface area contributed by atoms with Crippen molar-refractivity contribution in [1.29, 1.82) is 0 Å². The molecule has 2 unspecified atom stereocenters. The Kier molecular flexibility index (Phi) is 4.52. The number of hydrogen-bond acceptors (Lipinski definition) is 3. The quantitative estimate of drug-likeness (QED) is 0.929. The summed E-state index contributed by atoms with van der Waals surface area (Å²) in [5.74, 6) is 1.19. The third kappa shape index (κ3) is 3.42. The standard InChI is InChI=1S/C14H20F3N3/c1-2-10-5-11(7-18)9-20(8-10)13-6-12(3-4-19-13)14(15,16)17/h3-4,6,10-11H,2,5,7-9,18H2,1H3. The number of piperidine rings is 1. The van der Waals surface area contributed by atoms with E-state index in [1.54, 1.807) is 0 Å². The van der Waals surface area contributed by atoms with Gasteiger partial charge in [-0.2, -0.15) is 13.2 Å². The highest BCUT2D eigenvalue weighted by molar-refractivity contribution is 5.42. The number of alkyl halides is 3. The lowest BCUT2D eigenvalue weighted by Gasteiger charge is -2.38. The van der Waals surface area contributed by atoms with Gasteiger partial charge in [0.1, 0.15) is 5.82 Å². The van der Waals surface area contributed by atoms with Crippen molar-refractivity contribution in [1.82, 2.24) is 4.98 Å². The van der Waals surface area contributed by atoms with Crippen LogP contribution in [0.1, 0.15) is 25.3 Å². The van der Waals surface area contributed by atoms with Crippen molar-refractivity contribution in [3.05, 3.63) is 23.9 Å². The summed E-state index contributed by atoms with van der Waals surface area (Å²) >= 11 is 0. The van der Waals surface area contributed by atoms with E-state index in [9.17, 15) is 13.2 Å². The number of pyridine rings is 1. The maximum absolute atomic E-state index is 12.8. The highest BCUT2D eigenvalue weighted by Gasteiger charge is 2.32. The van der Waals surface area contributed by atoms with Crippen LogP contribution in [-0.4, -0.2) is 24.6 Å². The maximum Gasteiger partial charge on any atom is 0.416 e. The lowest BCUT2D eigenvalue weighted by Crippen LogP contribution is -2.43. The molecular weight excluding hydrogens is 267 g/mol. The predicted octanol–water partition coefficient (Wildman–Crippen LogP) is 2.91. The van der Waals surface area contributed by atoms with Gasteiger partial charge in [-0.3, -0.25) is 0 Å². The molecule has 6 heteroatoms. The van der Waals surface area contributed by atoms with Crippen molar-refractivity contribution < 1.29 is 13.2 Å². The Morgan fingerprint density at radius 2 is 2.05 bits per heavy atom. The van der Waals surface area contributed by atoms with Crippen LogP contribution in [0.3, 0.4) is 0 Å². The SMILES string of the molecule is CCC1CC(CN)CN(c2cc(C(F)(F)F)ccn2)C1. The molecule has 1 aromatic heterocycles. The molecule has 2 rings (SSSR count). The minimum absolute atomic E-state index is 0.324. The first-order valence-corrected chi connectivity index (χ1v) is 6.92. The summed E-state index contributed by atoms with van der Waals surface area (Å²) in [4.78, 5) is 6.03. The maximum atomic E-state index is 12.8. The zero-order valence-corrected chi connectivity index (χ0v) is 11.5. The molecule has 0 aliphatic carbocycles. The normalized spacial score (nSPS) is 23.9. The van der Waals surface area contributed by atoms with Gasteiger partial charge in [0, 0.05) is 19.3 Å². The molecule has 2 heterocycles.